The number of thiazole rings is 1. The maximum atomic E-state index is 12.4. The van der Waals surface area contributed by atoms with Gasteiger partial charge in [-0.3, -0.25) is 4.79 Å². The third-order valence-corrected chi connectivity index (χ3v) is 6.06. The van der Waals surface area contributed by atoms with Gasteiger partial charge in [0.05, 0.1) is 28.3 Å². The number of sulfone groups is 1. The Morgan fingerprint density at radius 3 is 2.67 bits per heavy atom. The summed E-state index contributed by atoms with van der Waals surface area (Å²) >= 11 is 1.57. The molecule has 128 valence electrons. The van der Waals surface area contributed by atoms with E-state index in [2.05, 4.69) is 15.3 Å². The molecule has 7 nitrogen and oxygen atoms in total. The minimum absolute atomic E-state index is 0.0302. The van der Waals surface area contributed by atoms with Crippen LogP contribution in [0.3, 0.4) is 0 Å². The second kappa shape index (κ2) is 7.27. The molecule has 1 aliphatic rings. The number of aromatic nitrogens is 2. The average molecular weight is 366 g/mol. The number of hydrogen-bond donors (Lipinski definition) is 1. The van der Waals surface area contributed by atoms with Gasteiger partial charge in [0.15, 0.2) is 9.84 Å². The van der Waals surface area contributed by atoms with E-state index in [0.29, 0.717) is 17.9 Å². The molecule has 0 radical (unpaired) electrons. The molecule has 0 aromatic carbocycles. The Balaban J connectivity index is 1.53. The maximum absolute atomic E-state index is 12.4. The SMILES string of the molecule is O=C(c1ccc(NCCc2cscn2)nc1)N1CCS(=O)(=O)CC1. The highest BCUT2D eigenvalue weighted by molar-refractivity contribution is 7.91. The first-order valence-corrected chi connectivity index (χ1v) is 10.4. The Morgan fingerprint density at radius 1 is 1.25 bits per heavy atom. The van der Waals surface area contributed by atoms with Gasteiger partial charge in [0.25, 0.3) is 5.91 Å². The smallest absolute Gasteiger partial charge is 0.255 e. The second-order valence-corrected chi connectivity index (χ2v) is 8.56. The summed E-state index contributed by atoms with van der Waals surface area (Å²) in [5.74, 6) is 0.583. The van der Waals surface area contributed by atoms with Crippen molar-refractivity contribution in [3.05, 3.63) is 40.5 Å². The molecule has 1 saturated heterocycles. The van der Waals surface area contributed by atoms with Gasteiger partial charge < -0.3 is 10.2 Å². The lowest BCUT2D eigenvalue weighted by Crippen LogP contribution is -2.43. The quantitative estimate of drug-likeness (QED) is 0.851. The summed E-state index contributed by atoms with van der Waals surface area (Å²) in [5, 5.41) is 5.20. The Labute approximate surface area is 144 Å². The largest absolute Gasteiger partial charge is 0.370 e. The number of nitrogens with zero attached hydrogens (tertiary/aromatic N) is 3. The van der Waals surface area contributed by atoms with Crippen molar-refractivity contribution < 1.29 is 13.2 Å². The van der Waals surface area contributed by atoms with Gasteiger partial charge in [-0.2, -0.15) is 0 Å². The fraction of sp³-hybridized carbons (Fsp3) is 0.400. The molecule has 3 rings (SSSR count). The van der Waals surface area contributed by atoms with Crippen molar-refractivity contribution in [2.45, 2.75) is 6.42 Å². The van der Waals surface area contributed by atoms with Gasteiger partial charge in [0, 0.05) is 37.6 Å². The van der Waals surface area contributed by atoms with Crippen LogP contribution in [0.5, 0.6) is 0 Å². The van der Waals surface area contributed by atoms with E-state index in [-0.39, 0.29) is 30.5 Å². The lowest BCUT2D eigenvalue weighted by molar-refractivity contribution is 0.0770. The Kier molecular flexibility index (Phi) is 5.10. The highest BCUT2D eigenvalue weighted by Gasteiger charge is 2.25. The van der Waals surface area contributed by atoms with Crippen molar-refractivity contribution >= 4 is 32.9 Å². The molecule has 2 aromatic heterocycles. The molecule has 2 aromatic rings. The van der Waals surface area contributed by atoms with Crippen LogP contribution in [0.25, 0.3) is 0 Å². The molecule has 1 amide bonds. The molecule has 1 N–H and O–H groups in total. The highest BCUT2D eigenvalue weighted by Crippen LogP contribution is 2.11. The molecule has 0 atom stereocenters. The van der Waals surface area contributed by atoms with Crippen LogP contribution in [0.1, 0.15) is 16.1 Å². The zero-order valence-electron chi connectivity index (χ0n) is 13.0. The first-order valence-electron chi connectivity index (χ1n) is 7.60. The van der Waals surface area contributed by atoms with Crippen molar-refractivity contribution in [3.63, 3.8) is 0 Å². The lowest BCUT2D eigenvalue weighted by atomic mass is 10.2. The summed E-state index contributed by atoms with van der Waals surface area (Å²) in [7, 11) is -2.99. The minimum atomic E-state index is -2.99. The first-order chi connectivity index (χ1) is 11.5. The van der Waals surface area contributed by atoms with E-state index in [1.807, 2.05) is 5.38 Å². The van der Waals surface area contributed by atoms with Crippen LogP contribution in [0, 0.1) is 0 Å². The van der Waals surface area contributed by atoms with Gasteiger partial charge in [-0.1, -0.05) is 0 Å². The monoisotopic (exact) mass is 366 g/mol. The maximum Gasteiger partial charge on any atom is 0.255 e. The molecule has 0 spiro atoms. The molecule has 9 heteroatoms. The summed E-state index contributed by atoms with van der Waals surface area (Å²) in [5.41, 5.74) is 3.32. The number of amides is 1. The van der Waals surface area contributed by atoms with E-state index in [1.54, 1.807) is 33.9 Å². The molecular formula is C15H18N4O3S2. The van der Waals surface area contributed by atoms with Crippen molar-refractivity contribution in [1.82, 2.24) is 14.9 Å². The lowest BCUT2D eigenvalue weighted by Gasteiger charge is -2.26. The van der Waals surface area contributed by atoms with E-state index in [0.717, 1.165) is 12.1 Å². The average Bonchev–Trinajstić information content (AvgIpc) is 3.08. The highest BCUT2D eigenvalue weighted by atomic mass is 32.2. The van der Waals surface area contributed by atoms with E-state index >= 15 is 0 Å². The molecule has 3 heterocycles. The fourth-order valence-electron chi connectivity index (χ4n) is 2.40. The molecular weight excluding hydrogens is 348 g/mol. The molecule has 0 aliphatic carbocycles. The van der Waals surface area contributed by atoms with Crippen LogP contribution in [0.15, 0.2) is 29.2 Å². The Morgan fingerprint density at radius 2 is 2.04 bits per heavy atom. The number of hydrogen-bond acceptors (Lipinski definition) is 7. The van der Waals surface area contributed by atoms with Gasteiger partial charge in [0.2, 0.25) is 0 Å². The van der Waals surface area contributed by atoms with Gasteiger partial charge in [0.1, 0.15) is 5.82 Å². The number of rotatable bonds is 5. The summed E-state index contributed by atoms with van der Waals surface area (Å²) < 4.78 is 22.8. The second-order valence-electron chi connectivity index (χ2n) is 5.53. The number of nitrogens with one attached hydrogen (secondary N) is 1. The molecule has 0 bridgehead atoms. The van der Waals surface area contributed by atoms with Crippen molar-refractivity contribution in [2.75, 3.05) is 36.5 Å². The van der Waals surface area contributed by atoms with E-state index < -0.39 is 9.84 Å². The number of pyridine rings is 1. The fourth-order valence-corrected chi connectivity index (χ4v) is 4.20. The van der Waals surface area contributed by atoms with Crippen LogP contribution in [0.4, 0.5) is 5.82 Å². The molecule has 24 heavy (non-hydrogen) atoms. The van der Waals surface area contributed by atoms with Crippen LogP contribution in [-0.4, -0.2) is 60.3 Å². The van der Waals surface area contributed by atoms with Crippen LogP contribution >= 0.6 is 11.3 Å². The van der Waals surface area contributed by atoms with Crippen LogP contribution < -0.4 is 5.32 Å². The summed E-state index contributed by atoms with van der Waals surface area (Å²) in [6, 6.07) is 3.47. The van der Waals surface area contributed by atoms with Crippen molar-refractivity contribution in [1.29, 1.82) is 0 Å². The molecule has 0 saturated carbocycles. The third kappa shape index (κ3) is 4.30. The summed E-state index contributed by atoms with van der Waals surface area (Å²) in [6.45, 7) is 1.21. The van der Waals surface area contributed by atoms with Crippen LogP contribution in [-0.2, 0) is 16.3 Å². The van der Waals surface area contributed by atoms with E-state index in [1.165, 1.54) is 6.20 Å². The predicted molar refractivity (Wildman–Crippen MR) is 93.1 cm³/mol. The summed E-state index contributed by atoms with van der Waals surface area (Å²) in [6.07, 6.45) is 2.34. The molecule has 1 fully saturated rings. The van der Waals surface area contributed by atoms with Gasteiger partial charge in [-0.05, 0) is 12.1 Å². The van der Waals surface area contributed by atoms with Crippen molar-refractivity contribution in [2.24, 2.45) is 0 Å². The normalized spacial score (nSPS) is 16.8. The standard InChI is InChI=1S/C15H18N4O3S2/c20-15(19-5-7-24(21,22)8-6-19)12-1-2-14(17-9-12)16-4-3-13-10-23-11-18-13/h1-2,9-11H,3-8H2,(H,16,17). The topological polar surface area (TPSA) is 92.3 Å². The number of anilines is 1. The van der Waals surface area contributed by atoms with Crippen molar-refractivity contribution in [3.8, 4) is 0 Å². The molecule has 1 aliphatic heterocycles. The zero-order chi connectivity index (χ0) is 17.0. The van der Waals surface area contributed by atoms with Gasteiger partial charge in [-0.25, -0.2) is 18.4 Å². The Hall–Kier alpha value is -2.00. The Bertz CT molecular complexity index is 775. The van der Waals surface area contributed by atoms with E-state index in [4.69, 9.17) is 0 Å². The number of carbonyl (C=O) groups is 1. The summed E-state index contributed by atoms with van der Waals surface area (Å²) in [4.78, 5) is 22.4. The number of carbonyl (C=O) groups excluding carboxylic acids is 1. The van der Waals surface area contributed by atoms with E-state index in [9.17, 15) is 13.2 Å². The molecule has 0 unspecified atom stereocenters. The van der Waals surface area contributed by atoms with Gasteiger partial charge in [-0.15, -0.1) is 11.3 Å². The third-order valence-electron chi connectivity index (χ3n) is 3.81. The predicted octanol–water partition coefficient (Wildman–Crippen LogP) is 1.06. The van der Waals surface area contributed by atoms with Gasteiger partial charge >= 0.3 is 0 Å². The first kappa shape index (κ1) is 16.8. The minimum Gasteiger partial charge on any atom is -0.370 e. The zero-order valence-corrected chi connectivity index (χ0v) is 14.6. The van der Waals surface area contributed by atoms with Crippen LogP contribution in [0.2, 0.25) is 0 Å².